The first kappa shape index (κ1) is 16.0. The molecule has 20 heavy (non-hydrogen) atoms. The topological polar surface area (TPSA) is 21.3 Å². The first-order valence-corrected chi connectivity index (χ1v) is 8.77. The van der Waals surface area contributed by atoms with Gasteiger partial charge in [-0.1, -0.05) is 6.92 Å². The Morgan fingerprint density at radius 3 is 2.75 bits per heavy atom. The number of methoxy groups -OCH3 is 1. The summed E-state index contributed by atoms with van der Waals surface area (Å²) in [5.41, 5.74) is 1.59. The number of aryl methyl sites for hydroxylation is 2. The van der Waals surface area contributed by atoms with Gasteiger partial charge in [0.05, 0.1) is 5.60 Å². The minimum Gasteiger partial charge on any atom is -0.379 e. The van der Waals surface area contributed by atoms with Crippen LogP contribution in [0.15, 0.2) is 6.07 Å². The zero-order valence-corrected chi connectivity index (χ0v) is 14.2. The minimum absolute atomic E-state index is 0.0233. The molecule has 0 aliphatic heterocycles. The maximum Gasteiger partial charge on any atom is 0.0623 e. The van der Waals surface area contributed by atoms with E-state index in [-0.39, 0.29) is 5.60 Å². The maximum absolute atomic E-state index is 5.56. The van der Waals surface area contributed by atoms with Gasteiger partial charge in [-0.15, -0.1) is 11.3 Å². The first-order valence-electron chi connectivity index (χ1n) is 7.95. The van der Waals surface area contributed by atoms with Gasteiger partial charge in [-0.25, -0.2) is 0 Å². The van der Waals surface area contributed by atoms with Crippen LogP contribution in [-0.4, -0.2) is 19.3 Å². The molecule has 1 heterocycles. The normalized spacial score (nSPS) is 17.0. The van der Waals surface area contributed by atoms with Crippen molar-refractivity contribution < 1.29 is 4.74 Å². The minimum atomic E-state index is -0.0233. The van der Waals surface area contributed by atoms with Gasteiger partial charge >= 0.3 is 0 Å². The third-order valence-corrected chi connectivity index (χ3v) is 5.75. The Balaban J connectivity index is 2.05. The average Bonchev–Trinajstić information content (AvgIpc) is 2.87. The van der Waals surface area contributed by atoms with E-state index in [9.17, 15) is 0 Å². The second kappa shape index (κ2) is 7.06. The molecular formula is C17H29NOS. The van der Waals surface area contributed by atoms with Crippen LogP contribution in [0.3, 0.4) is 0 Å². The molecule has 1 aromatic heterocycles. The quantitative estimate of drug-likeness (QED) is 0.800. The monoisotopic (exact) mass is 295 g/mol. The largest absolute Gasteiger partial charge is 0.379 e. The third-order valence-electron chi connectivity index (χ3n) is 4.40. The van der Waals surface area contributed by atoms with E-state index in [4.69, 9.17) is 4.74 Å². The summed E-state index contributed by atoms with van der Waals surface area (Å²) in [4.78, 5) is 3.17. The Morgan fingerprint density at radius 1 is 1.35 bits per heavy atom. The summed E-state index contributed by atoms with van der Waals surface area (Å²) in [6.45, 7) is 7.58. The van der Waals surface area contributed by atoms with Crippen molar-refractivity contribution in [2.24, 2.45) is 0 Å². The number of rotatable bonds is 7. The second-order valence-corrected chi connectivity index (χ2v) is 7.59. The Hall–Kier alpha value is -0.380. The number of hydrogen-bond acceptors (Lipinski definition) is 3. The highest BCUT2D eigenvalue weighted by molar-refractivity contribution is 7.12. The highest BCUT2D eigenvalue weighted by Crippen LogP contribution is 2.35. The van der Waals surface area contributed by atoms with Gasteiger partial charge in [0.25, 0.3) is 0 Å². The van der Waals surface area contributed by atoms with Gasteiger partial charge in [-0.2, -0.15) is 0 Å². The lowest BCUT2D eigenvalue weighted by Gasteiger charge is -2.26. The lowest BCUT2D eigenvalue weighted by atomic mass is 9.96. The number of ether oxygens (including phenoxy) is 1. The number of thiophene rings is 1. The molecule has 0 bridgehead atoms. The van der Waals surface area contributed by atoms with Crippen LogP contribution in [0.4, 0.5) is 0 Å². The molecule has 2 rings (SSSR count). The molecule has 2 nitrogen and oxygen atoms in total. The smallest absolute Gasteiger partial charge is 0.0623 e. The Morgan fingerprint density at radius 2 is 2.10 bits per heavy atom. The van der Waals surface area contributed by atoms with Crippen LogP contribution in [0.25, 0.3) is 0 Å². The van der Waals surface area contributed by atoms with Crippen LogP contribution in [0.5, 0.6) is 0 Å². The Bertz CT molecular complexity index is 401. The van der Waals surface area contributed by atoms with Gasteiger partial charge in [0.15, 0.2) is 0 Å². The second-order valence-electron chi connectivity index (χ2n) is 6.42. The van der Waals surface area contributed by atoms with Crippen molar-refractivity contribution in [3.05, 3.63) is 21.4 Å². The van der Waals surface area contributed by atoms with E-state index < -0.39 is 0 Å². The predicted octanol–water partition coefficient (Wildman–Crippen LogP) is 4.48. The number of fused-ring (bicyclic) bond motifs is 1. The van der Waals surface area contributed by atoms with Crippen LogP contribution < -0.4 is 5.32 Å². The summed E-state index contributed by atoms with van der Waals surface area (Å²) >= 11 is 2.04. The number of nitrogens with one attached hydrogen (secondary N) is 1. The molecule has 0 radical (unpaired) electrons. The highest BCUT2D eigenvalue weighted by atomic mass is 32.1. The van der Waals surface area contributed by atoms with Crippen LogP contribution in [0, 0.1) is 0 Å². The van der Waals surface area contributed by atoms with E-state index >= 15 is 0 Å². The lowest BCUT2D eigenvalue weighted by molar-refractivity contribution is 0.0118. The van der Waals surface area contributed by atoms with Gasteiger partial charge in [0.1, 0.15) is 0 Å². The van der Waals surface area contributed by atoms with E-state index in [0.29, 0.717) is 6.04 Å². The third kappa shape index (κ3) is 4.06. The van der Waals surface area contributed by atoms with E-state index in [2.05, 4.69) is 32.2 Å². The number of hydrogen-bond donors (Lipinski definition) is 1. The molecular weight excluding hydrogens is 266 g/mol. The van der Waals surface area contributed by atoms with Crippen molar-refractivity contribution in [3.8, 4) is 0 Å². The van der Waals surface area contributed by atoms with Gasteiger partial charge in [0.2, 0.25) is 0 Å². The highest BCUT2D eigenvalue weighted by Gasteiger charge is 2.22. The van der Waals surface area contributed by atoms with Crippen molar-refractivity contribution in [3.63, 3.8) is 0 Å². The van der Waals surface area contributed by atoms with E-state index in [1.165, 1.54) is 30.6 Å². The molecule has 1 aliphatic carbocycles. The zero-order chi connectivity index (χ0) is 14.6. The average molecular weight is 295 g/mol. The summed E-state index contributed by atoms with van der Waals surface area (Å²) in [6, 6.07) is 2.96. The predicted molar refractivity (Wildman–Crippen MR) is 87.7 cm³/mol. The molecule has 1 N–H and O–H groups in total. The van der Waals surface area contributed by atoms with Crippen molar-refractivity contribution in [1.82, 2.24) is 5.32 Å². The molecule has 0 aromatic carbocycles. The fraction of sp³-hybridized carbons (Fsp3) is 0.765. The Kier molecular flexibility index (Phi) is 5.65. The van der Waals surface area contributed by atoms with Crippen LogP contribution in [0.2, 0.25) is 0 Å². The van der Waals surface area contributed by atoms with Gasteiger partial charge in [0, 0.05) is 22.9 Å². The van der Waals surface area contributed by atoms with E-state index in [1.54, 1.807) is 10.4 Å². The van der Waals surface area contributed by atoms with Crippen molar-refractivity contribution in [2.45, 2.75) is 70.9 Å². The van der Waals surface area contributed by atoms with Gasteiger partial charge in [-0.05, 0) is 70.5 Å². The van der Waals surface area contributed by atoms with Crippen LogP contribution in [0.1, 0.15) is 67.8 Å². The molecule has 1 aliphatic rings. The SMILES string of the molecule is CCNC(CCC(C)(C)OC)c1cc2c(s1)CCCC2. The first-order chi connectivity index (χ1) is 9.55. The lowest BCUT2D eigenvalue weighted by Crippen LogP contribution is -2.27. The summed E-state index contributed by atoms with van der Waals surface area (Å²) in [5, 5.41) is 3.66. The van der Waals surface area contributed by atoms with Crippen molar-refractivity contribution in [2.75, 3.05) is 13.7 Å². The summed E-state index contributed by atoms with van der Waals surface area (Å²) in [6.07, 6.45) is 7.55. The summed E-state index contributed by atoms with van der Waals surface area (Å²) < 4.78 is 5.56. The molecule has 0 saturated heterocycles. The molecule has 114 valence electrons. The summed E-state index contributed by atoms with van der Waals surface area (Å²) in [5.74, 6) is 0. The van der Waals surface area contributed by atoms with E-state index in [0.717, 1.165) is 19.4 Å². The fourth-order valence-electron chi connectivity index (χ4n) is 2.87. The molecule has 0 fully saturated rings. The molecule has 0 spiro atoms. The molecule has 0 saturated carbocycles. The van der Waals surface area contributed by atoms with Crippen molar-refractivity contribution >= 4 is 11.3 Å². The maximum atomic E-state index is 5.56. The zero-order valence-electron chi connectivity index (χ0n) is 13.4. The van der Waals surface area contributed by atoms with Gasteiger partial charge in [-0.3, -0.25) is 0 Å². The van der Waals surface area contributed by atoms with Crippen molar-refractivity contribution in [1.29, 1.82) is 0 Å². The standard InChI is InChI=1S/C17H29NOS/c1-5-18-14(10-11-17(2,3)19-4)16-12-13-8-6-7-9-15(13)20-16/h12,14,18H,5-11H2,1-4H3. The molecule has 1 atom stereocenters. The van der Waals surface area contributed by atoms with Gasteiger partial charge < -0.3 is 10.1 Å². The van der Waals surface area contributed by atoms with Crippen LogP contribution in [-0.2, 0) is 17.6 Å². The molecule has 1 unspecified atom stereocenters. The molecule has 1 aromatic rings. The molecule has 0 amide bonds. The summed E-state index contributed by atoms with van der Waals surface area (Å²) in [7, 11) is 1.81. The molecule has 3 heteroatoms. The fourth-order valence-corrected chi connectivity index (χ4v) is 4.24. The Labute approximate surface area is 127 Å². The van der Waals surface area contributed by atoms with Crippen LogP contribution >= 0.6 is 11.3 Å². The van der Waals surface area contributed by atoms with E-state index in [1.807, 2.05) is 18.4 Å².